The highest BCUT2D eigenvalue weighted by molar-refractivity contribution is 8.16. The Morgan fingerprint density at radius 1 is 1.16 bits per heavy atom. The second-order valence-corrected chi connectivity index (χ2v) is 10.1. The second kappa shape index (κ2) is 5.95. The van der Waals surface area contributed by atoms with Gasteiger partial charge in [0.25, 0.3) is 5.91 Å². The number of fused-ring (bicyclic) bond motifs is 1. The van der Waals surface area contributed by atoms with Gasteiger partial charge in [-0.3, -0.25) is 9.59 Å². The van der Waals surface area contributed by atoms with Crippen LogP contribution in [0.15, 0.2) is 29.3 Å². The smallest absolute Gasteiger partial charge is 0.251 e. The zero-order valence-electron chi connectivity index (χ0n) is 13.7. The number of Topliss-reactive ketones (excluding diaryl/α,β-unsaturated/α-hetero) is 1. The number of aliphatic imine (C=N–C) groups is 1. The third-order valence-electron chi connectivity index (χ3n) is 4.75. The summed E-state index contributed by atoms with van der Waals surface area (Å²) >= 11 is 1.38. The molecule has 2 saturated heterocycles. The molecule has 2 heterocycles. The zero-order valence-corrected chi connectivity index (χ0v) is 15.3. The van der Waals surface area contributed by atoms with Gasteiger partial charge in [-0.1, -0.05) is 11.8 Å². The summed E-state index contributed by atoms with van der Waals surface area (Å²) in [5.41, 5.74) is 1.36. The number of hydrogen-bond donors (Lipinski definition) is 0. The molecule has 4 rings (SSSR count). The van der Waals surface area contributed by atoms with Crippen LogP contribution in [0.5, 0.6) is 0 Å². The van der Waals surface area contributed by atoms with Gasteiger partial charge in [0.1, 0.15) is 0 Å². The van der Waals surface area contributed by atoms with E-state index in [9.17, 15) is 18.0 Å². The van der Waals surface area contributed by atoms with E-state index in [2.05, 4.69) is 4.99 Å². The Morgan fingerprint density at radius 3 is 2.44 bits per heavy atom. The van der Waals surface area contributed by atoms with Crippen LogP contribution in [0.2, 0.25) is 0 Å². The SMILES string of the molecule is CC(=O)c1ccc(N2C(=NC(=O)C3CC3)SC3CS(=O)(=O)CC32)cc1. The molecular weight excluding hydrogens is 360 g/mol. The van der Waals surface area contributed by atoms with Gasteiger partial charge in [0.15, 0.2) is 20.8 Å². The summed E-state index contributed by atoms with van der Waals surface area (Å²) in [4.78, 5) is 29.8. The maximum absolute atomic E-state index is 12.1. The molecule has 0 spiro atoms. The van der Waals surface area contributed by atoms with E-state index in [-0.39, 0.29) is 40.4 Å². The Balaban J connectivity index is 1.70. The van der Waals surface area contributed by atoms with Gasteiger partial charge in [-0.05, 0) is 44.0 Å². The fourth-order valence-electron chi connectivity index (χ4n) is 3.24. The standard InChI is InChI=1S/C17H18N2O4S2/c1-10(20)11-4-6-13(7-5-11)19-14-8-25(22,23)9-15(14)24-17(19)18-16(21)12-2-3-12/h4-7,12,14-15H,2-3,8-9H2,1H3. The first-order valence-electron chi connectivity index (χ1n) is 8.24. The molecule has 0 radical (unpaired) electrons. The molecule has 25 heavy (non-hydrogen) atoms. The van der Waals surface area contributed by atoms with E-state index < -0.39 is 9.84 Å². The number of amides is 1. The summed E-state index contributed by atoms with van der Waals surface area (Å²) < 4.78 is 24.0. The number of hydrogen-bond acceptors (Lipinski definition) is 5. The third-order valence-corrected chi connectivity index (χ3v) is 7.96. The molecule has 2 aliphatic heterocycles. The van der Waals surface area contributed by atoms with Crippen molar-refractivity contribution in [2.45, 2.75) is 31.1 Å². The van der Waals surface area contributed by atoms with E-state index in [1.54, 1.807) is 24.3 Å². The van der Waals surface area contributed by atoms with Crippen LogP contribution in [0.1, 0.15) is 30.1 Å². The number of sulfone groups is 1. The number of ketones is 1. The van der Waals surface area contributed by atoms with Gasteiger partial charge in [0.05, 0.1) is 17.5 Å². The van der Waals surface area contributed by atoms with Crippen LogP contribution in [0, 0.1) is 5.92 Å². The maximum atomic E-state index is 12.1. The van der Waals surface area contributed by atoms with Crippen LogP contribution >= 0.6 is 11.8 Å². The Bertz CT molecular complexity index is 872. The molecule has 8 heteroatoms. The first kappa shape index (κ1) is 16.8. The summed E-state index contributed by atoms with van der Waals surface area (Å²) in [5, 5.41) is 0.473. The number of rotatable bonds is 3. The lowest BCUT2D eigenvalue weighted by molar-refractivity contribution is -0.118. The number of anilines is 1. The summed E-state index contributed by atoms with van der Waals surface area (Å²) in [7, 11) is -3.08. The van der Waals surface area contributed by atoms with E-state index in [1.807, 2.05) is 4.90 Å². The average molecular weight is 378 g/mol. The third kappa shape index (κ3) is 3.25. The van der Waals surface area contributed by atoms with Gasteiger partial charge in [0.2, 0.25) is 0 Å². The van der Waals surface area contributed by atoms with E-state index in [0.717, 1.165) is 18.5 Å². The van der Waals surface area contributed by atoms with Crippen LogP contribution < -0.4 is 4.90 Å². The monoisotopic (exact) mass is 378 g/mol. The van der Waals surface area contributed by atoms with Gasteiger partial charge < -0.3 is 4.90 Å². The van der Waals surface area contributed by atoms with Crippen molar-refractivity contribution in [2.24, 2.45) is 10.9 Å². The lowest BCUT2D eigenvalue weighted by Crippen LogP contribution is -2.37. The molecule has 1 aromatic rings. The van der Waals surface area contributed by atoms with Crippen molar-refractivity contribution in [3.05, 3.63) is 29.8 Å². The lowest BCUT2D eigenvalue weighted by atomic mass is 10.1. The molecule has 1 amide bonds. The number of thioether (sulfide) groups is 1. The maximum Gasteiger partial charge on any atom is 0.251 e. The molecule has 0 aromatic heterocycles. The Morgan fingerprint density at radius 2 is 1.84 bits per heavy atom. The molecule has 2 unspecified atom stereocenters. The molecule has 1 saturated carbocycles. The molecular formula is C17H18N2O4S2. The van der Waals surface area contributed by atoms with E-state index >= 15 is 0 Å². The van der Waals surface area contributed by atoms with Crippen LogP contribution in [-0.4, -0.2) is 48.1 Å². The topological polar surface area (TPSA) is 83.9 Å². The fourth-order valence-corrected chi connectivity index (χ4v) is 7.16. The molecule has 0 bridgehead atoms. The minimum absolute atomic E-state index is 0.0264. The van der Waals surface area contributed by atoms with Crippen molar-refractivity contribution in [1.29, 1.82) is 0 Å². The zero-order chi connectivity index (χ0) is 17.8. The highest BCUT2D eigenvalue weighted by Gasteiger charge is 2.49. The lowest BCUT2D eigenvalue weighted by Gasteiger charge is -2.24. The molecule has 1 aliphatic carbocycles. The number of nitrogens with zero attached hydrogens (tertiary/aromatic N) is 2. The first-order chi connectivity index (χ1) is 11.8. The van der Waals surface area contributed by atoms with Crippen LogP contribution in [0.25, 0.3) is 0 Å². The summed E-state index contributed by atoms with van der Waals surface area (Å²) in [6.45, 7) is 1.50. The Kier molecular flexibility index (Phi) is 3.99. The number of benzene rings is 1. The van der Waals surface area contributed by atoms with Gasteiger partial charge in [-0.2, -0.15) is 4.99 Å². The molecule has 2 atom stereocenters. The second-order valence-electron chi connectivity index (χ2n) is 6.78. The predicted octanol–water partition coefficient (Wildman–Crippen LogP) is 1.90. The van der Waals surface area contributed by atoms with Gasteiger partial charge >= 0.3 is 0 Å². The van der Waals surface area contributed by atoms with Crippen molar-refractivity contribution < 1.29 is 18.0 Å². The Labute approximate surface area is 150 Å². The van der Waals surface area contributed by atoms with Gasteiger partial charge in [0, 0.05) is 22.4 Å². The van der Waals surface area contributed by atoms with Crippen molar-refractivity contribution >= 4 is 44.1 Å². The number of carbonyl (C=O) groups excluding carboxylic acids is 2. The molecule has 0 N–H and O–H groups in total. The first-order valence-corrected chi connectivity index (χ1v) is 10.9. The molecule has 132 valence electrons. The number of carbonyl (C=O) groups is 2. The number of amidine groups is 1. The highest BCUT2D eigenvalue weighted by atomic mass is 32.2. The Hall–Kier alpha value is -1.67. The van der Waals surface area contributed by atoms with E-state index in [1.165, 1.54) is 18.7 Å². The van der Waals surface area contributed by atoms with Crippen LogP contribution in [0.3, 0.4) is 0 Å². The van der Waals surface area contributed by atoms with E-state index in [0.29, 0.717) is 10.7 Å². The van der Waals surface area contributed by atoms with Crippen LogP contribution in [-0.2, 0) is 14.6 Å². The normalized spacial score (nSPS) is 29.0. The average Bonchev–Trinajstić information content (AvgIpc) is 3.28. The minimum Gasteiger partial charge on any atom is -0.316 e. The highest BCUT2D eigenvalue weighted by Crippen LogP contribution is 2.41. The summed E-state index contributed by atoms with van der Waals surface area (Å²) in [6, 6.07) is 6.81. The van der Waals surface area contributed by atoms with Crippen molar-refractivity contribution in [3.63, 3.8) is 0 Å². The predicted molar refractivity (Wildman–Crippen MR) is 97.9 cm³/mol. The summed E-state index contributed by atoms with van der Waals surface area (Å²) in [6.07, 6.45) is 1.77. The fraction of sp³-hybridized carbons (Fsp3) is 0.471. The van der Waals surface area contributed by atoms with Crippen molar-refractivity contribution in [1.82, 2.24) is 0 Å². The van der Waals surface area contributed by atoms with Gasteiger partial charge in [-0.15, -0.1) is 0 Å². The van der Waals surface area contributed by atoms with E-state index in [4.69, 9.17) is 0 Å². The van der Waals surface area contributed by atoms with Crippen molar-refractivity contribution in [2.75, 3.05) is 16.4 Å². The molecule has 6 nitrogen and oxygen atoms in total. The van der Waals surface area contributed by atoms with Crippen molar-refractivity contribution in [3.8, 4) is 0 Å². The minimum atomic E-state index is -3.08. The molecule has 3 aliphatic rings. The largest absolute Gasteiger partial charge is 0.316 e. The molecule has 3 fully saturated rings. The summed E-state index contributed by atoms with van der Waals surface area (Å²) in [5.74, 6) is 0.0629. The quantitative estimate of drug-likeness (QED) is 0.747. The van der Waals surface area contributed by atoms with Crippen LogP contribution in [0.4, 0.5) is 5.69 Å². The molecule has 1 aromatic carbocycles. The van der Waals surface area contributed by atoms with Gasteiger partial charge in [-0.25, -0.2) is 8.42 Å².